The van der Waals surface area contributed by atoms with E-state index in [1.54, 1.807) is 11.8 Å². The summed E-state index contributed by atoms with van der Waals surface area (Å²) >= 11 is 1.75. The lowest BCUT2D eigenvalue weighted by molar-refractivity contribution is -0.117. The van der Waals surface area contributed by atoms with Gasteiger partial charge in [0.25, 0.3) is 0 Å². The van der Waals surface area contributed by atoms with E-state index in [1.165, 1.54) is 11.3 Å². The number of anilines is 2. The summed E-state index contributed by atoms with van der Waals surface area (Å²) in [5.74, 6) is 2.53. The molecule has 1 unspecified atom stereocenters. The van der Waals surface area contributed by atoms with Gasteiger partial charge in [0.15, 0.2) is 11.3 Å². The van der Waals surface area contributed by atoms with Gasteiger partial charge in [0.2, 0.25) is 5.91 Å². The van der Waals surface area contributed by atoms with Crippen LogP contribution in [0.3, 0.4) is 0 Å². The molecule has 0 spiro atoms. The zero-order valence-corrected chi connectivity index (χ0v) is 20.4. The molecule has 1 amide bonds. The summed E-state index contributed by atoms with van der Waals surface area (Å²) in [4.78, 5) is 18.3. The zero-order chi connectivity index (χ0) is 22.9. The molecule has 5 rings (SSSR count). The van der Waals surface area contributed by atoms with Crippen molar-refractivity contribution in [2.24, 2.45) is 22.9 Å². The average Bonchev–Trinajstić information content (AvgIpc) is 3.59. The third-order valence-electron chi connectivity index (χ3n) is 6.62. The highest BCUT2D eigenvalue weighted by atomic mass is 32.2. The molecule has 1 saturated carbocycles. The van der Waals surface area contributed by atoms with Gasteiger partial charge in [-0.15, -0.1) is 0 Å². The maximum Gasteiger partial charge on any atom is 0.227 e. The summed E-state index contributed by atoms with van der Waals surface area (Å²) in [6.45, 7) is 6.69. The van der Waals surface area contributed by atoms with Crippen molar-refractivity contribution in [3.8, 4) is 0 Å². The van der Waals surface area contributed by atoms with E-state index in [4.69, 9.17) is 5.10 Å². The summed E-state index contributed by atoms with van der Waals surface area (Å²) in [6.07, 6.45) is 3.26. The van der Waals surface area contributed by atoms with Crippen LogP contribution in [-0.4, -0.2) is 42.3 Å². The lowest BCUT2D eigenvalue weighted by Gasteiger charge is -2.38. The summed E-state index contributed by atoms with van der Waals surface area (Å²) in [7, 11) is 2.09. The van der Waals surface area contributed by atoms with Crippen LogP contribution >= 0.6 is 11.8 Å². The average molecular weight is 464 g/mol. The van der Waals surface area contributed by atoms with Crippen molar-refractivity contribution < 1.29 is 4.79 Å². The number of nitrogens with zero attached hydrogens (tertiary/aromatic N) is 3. The third-order valence-corrected chi connectivity index (χ3v) is 7.81. The van der Waals surface area contributed by atoms with Crippen molar-refractivity contribution in [3.63, 3.8) is 0 Å². The molecule has 1 aliphatic carbocycles. The van der Waals surface area contributed by atoms with Gasteiger partial charge < -0.3 is 15.1 Å². The predicted octanol–water partition coefficient (Wildman–Crippen LogP) is 4.79. The Labute approximate surface area is 200 Å². The lowest BCUT2D eigenvalue weighted by Crippen LogP contribution is -2.40. The number of amidine groups is 1. The quantitative estimate of drug-likeness (QED) is 0.645. The fourth-order valence-electron chi connectivity index (χ4n) is 4.89. The molecule has 7 heteroatoms. The first kappa shape index (κ1) is 22.1. The number of amides is 1. The number of hydrogen-bond acceptors (Lipinski definition) is 6. The van der Waals surface area contributed by atoms with E-state index in [2.05, 4.69) is 77.8 Å². The minimum atomic E-state index is 0.0312. The van der Waals surface area contributed by atoms with Crippen molar-refractivity contribution in [3.05, 3.63) is 54.1 Å². The van der Waals surface area contributed by atoms with E-state index in [0.29, 0.717) is 11.8 Å². The zero-order valence-electron chi connectivity index (χ0n) is 19.6. The molecular formula is C26H33N5OS. The van der Waals surface area contributed by atoms with Gasteiger partial charge in [-0.2, -0.15) is 5.10 Å². The van der Waals surface area contributed by atoms with Crippen molar-refractivity contribution in [1.82, 2.24) is 10.3 Å². The Morgan fingerprint density at radius 3 is 2.52 bits per heavy atom. The maximum atomic E-state index is 12.4. The van der Waals surface area contributed by atoms with Gasteiger partial charge >= 0.3 is 0 Å². The first-order valence-electron chi connectivity index (χ1n) is 12.0. The second-order valence-electron chi connectivity index (χ2n) is 9.81. The molecule has 2 aromatic rings. The SMILES string of the molecule is C[C@@H]1C[C@H](C)CN(c2cc(NC(=O)C3CC3)ccc2C2=NNC(Sc3ccccc3)N2C)C1. The molecule has 3 aliphatic rings. The number of benzene rings is 2. The van der Waals surface area contributed by atoms with E-state index < -0.39 is 0 Å². The van der Waals surface area contributed by atoms with E-state index >= 15 is 0 Å². The molecule has 2 N–H and O–H groups in total. The normalized spacial score (nSPS) is 24.9. The van der Waals surface area contributed by atoms with Crippen molar-refractivity contribution in [2.45, 2.75) is 43.5 Å². The van der Waals surface area contributed by atoms with Crippen molar-refractivity contribution in [2.75, 3.05) is 30.4 Å². The Balaban J connectivity index is 1.42. The predicted molar refractivity (Wildman–Crippen MR) is 136 cm³/mol. The summed E-state index contributed by atoms with van der Waals surface area (Å²) in [5, 5.41) is 7.88. The molecule has 0 aromatic heterocycles. The van der Waals surface area contributed by atoms with Crippen LogP contribution in [0.15, 0.2) is 58.5 Å². The molecule has 6 nitrogen and oxygen atoms in total. The van der Waals surface area contributed by atoms with Crippen LogP contribution < -0.4 is 15.6 Å². The topological polar surface area (TPSA) is 60.0 Å². The van der Waals surface area contributed by atoms with Crippen molar-refractivity contribution in [1.29, 1.82) is 0 Å². The smallest absolute Gasteiger partial charge is 0.227 e. The Bertz CT molecular complexity index is 1030. The van der Waals surface area contributed by atoms with Crippen LogP contribution in [0.2, 0.25) is 0 Å². The molecule has 2 fully saturated rings. The first-order valence-corrected chi connectivity index (χ1v) is 12.8. The lowest BCUT2D eigenvalue weighted by atomic mass is 9.91. The van der Waals surface area contributed by atoms with Crippen LogP contribution in [0.4, 0.5) is 11.4 Å². The van der Waals surface area contributed by atoms with Gasteiger partial charge in [-0.3, -0.25) is 10.2 Å². The third kappa shape index (κ3) is 4.98. The number of thioether (sulfide) groups is 1. The highest BCUT2D eigenvalue weighted by molar-refractivity contribution is 7.99. The molecule has 3 atom stereocenters. The Morgan fingerprint density at radius 1 is 1.09 bits per heavy atom. The van der Waals surface area contributed by atoms with Gasteiger partial charge in [0.1, 0.15) is 0 Å². The summed E-state index contributed by atoms with van der Waals surface area (Å²) in [6, 6.07) is 16.7. The van der Waals surface area contributed by atoms with E-state index in [9.17, 15) is 4.79 Å². The molecular weight excluding hydrogens is 430 g/mol. The largest absolute Gasteiger partial charge is 0.370 e. The number of carbonyl (C=O) groups excluding carboxylic acids is 1. The second kappa shape index (κ2) is 9.29. The minimum Gasteiger partial charge on any atom is -0.370 e. The summed E-state index contributed by atoms with van der Waals surface area (Å²) < 4.78 is 0. The minimum absolute atomic E-state index is 0.0312. The Kier molecular flexibility index (Phi) is 6.23. The van der Waals surface area contributed by atoms with Crippen molar-refractivity contribution >= 4 is 34.9 Å². The standard InChI is InChI=1S/C26H33N5OS/c1-17-13-18(2)16-31(15-17)23-14-20(27-25(32)19-9-10-19)11-12-22(23)24-28-29-26(30(24)3)33-21-7-5-4-6-8-21/h4-8,11-12,14,17-19,26,29H,9-10,13,15-16H2,1-3H3,(H,27,32)/t17-,18+,26?. The number of hydrazone groups is 1. The summed E-state index contributed by atoms with van der Waals surface area (Å²) in [5.41, 5.74) is 6.47. The van der Waals surface area contributed by atoms with Gasteiger partial charge in [-0.05, 0) is 61.4 Å². The number of piperidine rings is 1. The van der Waals surface area contributed by atoms with Gasteiger partial charge in [0.05, 0.1) is 0 Å². The van der Waals surface area contributed by atoms with Crippen LogP contribution in [-0.2, 0) is 4.79 Å². The number of rotatable bonds is 6. The van der Waals surface area contributed by atoms with Crippen LogP contribution in [0.25, 0.3) is 0 Å². The second-order valence-corrected chi connectivity index (χ2v) is 11.0. The highest BCUT2D eigenvalue weighted by Gasteiger charge is 2.32. The molecule has 2 heterocycles. The highest BCUT2D eigenvalue weighted by Crippen LogP contribution is 2.35. The Hall–Kier alpha value is -2.67. The Morgan fingerprint density at radius 2 is 1.82 bits per heavy atom. The molecule has 33 heavy (non-hydrogen) atoms. The van der Waals surface area contributed by atoms with Gasteiger partial charge in [0, 0.05) is 47.9 Å². The molecule has 2 aromatic carbocycles. The molecule has 174 valence electrons. The maximum absolute atomic E-state index is 12.4. The number of carbonyl (C=O) groups is 1. The van der Waals surface area contributed by atoms with Crippen LogP contribution in [0.5, 0.6) is 0 Å². The monoisotopic (exact) mass is 463 g/mol. The van der Waals surface area contributed by atoms with E-state index in [0.717, 1.165) is 48.7 Å². The van der Waals surface area contributed by atoms with Gasteiger partial charge in [-0.25, -0.2) is 0 Å². The molecule has 0 radical (unpaired) electrons. The molecule has 0 bridgehead atoms. The van der Waals surface area contributed by atoms with E-state index in [-0.39, 0.29) is 17.3 Å². The fraction of sp³-hybridized carbons (Fsp3) is 0.462. The van der Waals surface area contributed by atoms with E-state index in [1.807, 2.05) is 12.1 Å². The number of hydrogen-bond donors (Lipinski definition) is 2. The first-order chi connectivity index (χ1) is 16.0. The van der Waals surface area contributed by atoms with Crippen LogP contribution in [0, 0.1) is 17.8 Å². The van der Waals surface area contributed by atoms with Crippen LogP contribution in [0.1, 0.15) is 38.7 Å². The number of nitrogens with one attached hydrogen (secondary N) is 2. The molecule has 1 saturated heterocycles. The molecule has 2 aliphatic heterocycles. The fourth-order valence-corrected chi connectivity index (χ4v) is 5.82. The van der Waals surface area contributed by atoms with Gasteiger partial charge in [-0.1, -0.05) is 43.8 Å².